The molecule has 0 N–H and O–H groups in total. The topological polar surface area (TPSA) is 75.9 Å². The summed E-state index contributed by atoms with van der Waals surface area (Å²) in [6.07, 6.45) is 4.06. The number of anilines is 2. The van der Waals surface area contributed by atoms with Crippen molar-refractivity contribution in [3.8, 4) is 5.82 Å². The van der Waals surface area contributed by atoms with E-state index in [0.29, 0.717) is 17.8 Å². The van der Waals surface area contributed by atoms with E-state index in [9.17, 15) is 4.39 Å². The fraction of sp³-hybridized carbons (Fsp3) is 0.421. The highest BCUT2D eigenvalue weighted by atomic mass is 19.1. The molecule has 8 nitrogen and oxygen atoms in total. The van der Waals surface area contributed by atoms with E-state index in [1.807, 2.05) is 30.7 Å². The largest absolute Gasteiger partial charge is 0.356 e. The third kappa shape index (κ3) is 2.96. The maximum atomic E-state index is 13.1. The molecule has 28 heavy (non-hydrogen) atoms. The molecule has 2 saturated heterocycles. The lowest BCUT2D eigenvalue weighted by Gasteiger charge is -2.22. The number of hydrogen-bond acceptors (Lipinski definition) is 7. The Morgan fingerprint density at radius 2 is 1.50 bits per heavy atom. The molecule has 9 heteroatoms. The molecule has 144 valence electrons. The first kappa shape index (κ1) is 17.0. The van der Waals surface area contributed by atoms with Crippen molar-refractivity contribution in [2.24, 2.45) is 11.8 Å². The molecule has 0 bridgehead atoms. The zero-order valence-corrected chi connectivity index (χ0v) is 15.8. The van der Waals surface area contributed by atoms with Crippen molar-refractivity contribution in [3.05, 3.63) is 48.1 Å². The minimum absolute atomic E-state index is 0.406. The van der Waals surface area contributed by atoms with Crippen molar-refractivity contribution in [2.45, 2.75) is 13.8 Å². The van der Waals surface area contributed by atoms with Crippen LogP contribution in [-0.4, -0.2) is 55.9 Å². The molecule has 2 fully saturated rings. The van der Waals surface area contributed by atoms with E-state index in [-0.39, 0.29) is 0 Å². The van der Waals surface area contributed by atoms with Gasteiger partial charge in [0.15, 0.2) is 11.6 Å². The van der Waals surface area contributed by atoms with E-state index < -0.39 is 5.82 Å². The van der Waals surface area contributed by atoms with E-state index >= 15 is 0 Å². The van der Waals surface area contributed by atoms with Gasteiger partial charge < -0.3 is 9.80 Å². The third-order valence-corrected chi connectivity index (χ3v) is 5.56. The molecule has 2 aliphatic rings. The second-order valence-corrected chi connectivity index (χ2v) is 7.60. The summed E-state index contributed by atoms with van der Waals surface area (Å²) < 4.78 is 14.9. The predicted molar refractivity (Wildman–Crippen MR) is 102 cm³/mol. The van der Waals surface area contributed by atoms with Crippen molar-refractivity contribution < 1.29 is 4.39 Å². The fourth-order valence-electron chi connectivity index (χ4n) is 4.30. The van der Waals surface area contributed by atoms with Gasteiger partial charge in [-0.3, -0.25) is 0 Å². The molecule has 0 amide bonds. The second kappa shape index (κ2) is 6.50. The molecule has 3 aromatic heterocycles. The van der Waals surface area contributed by atoms with Gasteiger partial charge in [-0.25, -0.2) is 29.0 Å². The van der Waals surface area contributed by atoms with Gasteiger partial charge in [-0.05, 0) is 19.9 Å². The first-order chi connectivity index (χ1) is 13.6. The monoisotopic (exact) mass is 380 g/mol. The highest BCUT2D eigenvalue weighted by Gasteiger charge is 2.41. The Kier molecular flexibility index (Phi) is 3.96. The van der Waals surface area contributed by atoms with Crippen molar-refractivity contribution >= 4 is 11.8 Å². The standard InChI is InChI=1S/C19H21FN8/c1-12-3-13(2)28(25-12)18-4-17(23-11-24-18)26-7-14-9-27(10-15(14)8-26)19-21-5-16(20)6-22-19/h3-6,11,14-15H,7-10H2,1-2H3. The van der Waals surface area contributed by atoms with Gasteiger partial charge in [0, 0.05) is 49.8 Å². The van der Waals surface area contributed by atoms with Crippen LogP contribution < -0.4 is 9.80 Å². The van der Waals surface area contributed by atoms with Crippen LogP contribution in [0.1, 0.15) is 11.4 Å². The van der Waals surface area contributed by atoms with Crippen molar-refractivity contribution in [1.29, 1.82) is 0 Å². The van der Waals surface area contributed by atoms with Crippen molar-refractivity contribution in [1.82, 2.24) is 29.7 Å². The second-order valence-electron chi connectivity index (χ2n) is 7.60. The summed E-state index contributed by atoms with van der Waals surface area (Å²) >= 11 is 0. The van der Waals surface area contributed by atoms with Gasteiger partial charge in [-0.1, -0.05) is 0 Å². The van der Waals surface area contributed by atoms with E-state index in [2.05, 4.69) is 34.8 Å². The number of aromatic nitrogens is 6. The summed E-state index contributed by atoms with van der Waals surface area (Å²) in [5, 5.41) is 4.52. The third-order valence-electron chi connectivity index (χ3n) is 5.56. The van der Waals surface area contributed by atoms with Crippen LogP contribution in [0.2, 0.25) is 0 Å². The number of fused-ring (bicyclic) bond motifs is 1. The number of nitrogens with zero attached hydrogens (tertiary/aromatic N) is 8. The van der Waals surface area contributed by atoms with Crippen LogP contribution in [0.15, 0.2) is 30.9 Å². The summed E-state index contributed by atoms with van der Waals surface area (Å²) in [5.41, 5.74) is 2.02. The summed E-state index contributed by atoms with van der Waals surface area (Å²) in [5.74, 6) is 2.94. The van der Waals surface area contributed by atoms with Gasteiger partial charge in [0.25, 0.3) is 0 Å². The van der Waals surface area contributed by atoms with Gasteiger partial charge in [-0.15, -0.1) is 0 Å². The maximum absolute atomic E-state index is 13.1. The molecule has 2 atom stereocenters. The Morgan fingerprint density at radius 1 is 0.857 bits per heavy atom. The zero-order chi connectivity index (χ0) is 19.3. The number of halogens is 1. The lowest BCUT2D eigenvalue weighted by Crippen LogP contribution is -2.30. The van der Waals surface area contributed by atoms with E-state index in [0.717, 1.165) is 49.2 Å². The zero-order valence-electron chi connectivity index (χ0n) is 15.8. The molecule has 0 spiro atoms. The Labute approximate surface area is 162 Å². The van der Waals surface area contributed by atoms with E-state index in [4.69, 9.17) is 0 Å². The number of hydrogen-bond donors (Lipinski definition) is 0. The molecule has 0 aromatic carbocycles. The quantitative estimate of drug-likeness (QED) is 0.686. The fourth-order valence-corrected chi connectivity index (χ4v) is 4.30. The van der Waals surface area contributed by atoms with Gasteiger partial charge in [-0.2, -0.15) is 5.10 Å². The number of rotatable bonds is 3. The SMILES string of the molecule is Cc1cc(C)n(-c2cc(N3CC4CN(c5ncc(F)cn5)CC4C3)ncn2)n1. The Hall–Kier alpha value is -3.10. The Bertz CT molecular complexity index is 987. The van der Waals surface area contributed by atoms with Gasteiger partial charge in [0.05, 0.1) is 18.1 Å². The first-order valence-corrected chi connectivity index (χ1v) is 9.40. The average molecular weight is 380 g/mol. The first-order valence-electron chi connectivity index (χ1n) is 9.40. The smallest absolute Gasteiger partial charge is 0.225 e. The molecular weight excluding hydrogens is 359 g/mol. The Morgan fingerprint density at radius 3 is 2.14 bits per heavy atom. The van der Waals surface area contributed by atoms with Crippen molar-refractivity contribution in [3.63, 3.8) is 0 Å². The average Bonchev–Trinajstić information content (AvgIpc) is 3.35. The van der Waals surface area contributed by atoms with E-state index in [1.165, 1.54) is 12.4 Å². The molecule has 0 radical (unpaired) electrons. The molecule has 5 rings (SSSR count). The predicted octanol–water partition coefficient (Wildman–Crippen LogP) is 1.78. The van der Waals surface area contributed by atoms with Crippen LogP contribution in [0.5, 0.6) is 0 Å². The summed E-state index contributed by atoms with van der Waals surface area (Å²) in [4.78, 5) is 21.6. The van der Waals surface area contributed by atoms with Crippen LogP contribution >= 0.6 is 0 Å². The van der Waals surface area contributed by atoms with Gasteiger partial charge in [0.2, 0.25) is 5.95 Å². The highest BCUT2D eigenvalue weighted by Crippen LogP contribution is 2.34. The van der Waals surface area contributed by atoms with Gasteiger partial charge in [0.1, 0.15) is 12.1 Å². The molecule has 2 aliphatic heterocycles. The van der Waals surface area contributed by atoms with Gasteiger partial charge >= 0.3 is 0 Å². The summed E-state index contributed by atoms with van der Waals surface area (Å²) in [6, 6.07) is 4.04. The van der Waals surface area contributed by atoms with E-state index in [1.54, 1.807) is 6.33 Å². The molecule has 2 unspecified atom stereocenters. The summed E-state index contributed by atoms with van der Waals surface area (Å²) in [6.45, 7) is 7.61. The summed E-state index contributed by atoms with van der Waals surface area (Å²) in [7, 11) is 0. The number of aryl methyl sites for hydroxylation is 2. The maximum Gasteiger partial charge on any atom is 0.225 e. The normalized spacial score (nSPS) is 21.4. The highest BCUT2D eigenvalue weighted by molar-refractivity contribution is 5.46. The van der Waals surface area contributed by atoms with Crippen LogP contribution in [0.4, 0.5) is 16.2 Å². The van der Waals surface area contributed by atoms with Crippen LogP contribution in [-0.2, 0) is 0 Å². The lowest BCUT2D eigenvalue weighted by atomic mass is 10.0. The molecule has 3 aromatic rings. The van der Waals surface area contributed by atoms with Crippen molar-refractivity contribution in [2.75, 3.05) is 36.0 Å². The molecule has 5 heterocycles. The molecule has 0 saturated carbocycles. The minimum Gasteiger partial charge on any atom is -0.356 e. The molecular formula is C19H21FN8. The van der Waals surface area contributed by atoms with Crippen LogP contribution in [0.25, 0.3) is 5.82 Å². The van der Waals surface area contributed by atoms with Crippen LogP contribution in [0.3, 0.4) is 0 Å². The Balaban J connectivity index is 1.31. The molecule has 0 aliphatic carbocycles. The minimum atomic E-state index is -0.406. The van der Waals surface area contributed by atoms with Crippen LogP contribution in [0, 0.1) is 31.5 Å². The lowest BCUT2D eigenvalue weighted by molar-refractivity contribution is 0.533.